The van der Waals surface area contributed by atoms with Crippen LogP contribution in [0.2, 0.25) is 0 Å². The smallest absolute Gasteiger partial charge is 0.328 e. The fourth-order valence-electron chi connectivity index (χ4n) is 2.06. The van der Waals surface area contributed by atoms with E-state index in [1.165, 1.54) is 14.2 Å². The third kappa shape index (κ3) is 4.48. The predicted molar refractivity (Wildman–Crippen MR) is 68.7 cm³/mol. The summed E-state index contributed by atoms with van der Waals surface area (Å²) in [6, 6.07) is -0.884. The number of esters is 2. The lowest BCUT2D eigenvalue weighted by atomic mass is 10.0. The molecule has 0 aromatic carbocycles. The van der Waals surface area contributed by atoms with E-state index in [-0.39, 0.29) is 12.3 Å². The Morgan fingerprint density at radius 1 is 1.25 bits per heavy atom. The molecule has 0 aromatic rings. The van der Waals surface area contributed by atoms with Crippen LogP contribution in [0.1, 0.15) is 26.2 Å². The molecule has 20 heavy (non-hydrogen) atoms. The van der Waals surface area contributed by atoms with Crippen molar-refractivity contribution in [1.29, 1.82) is 0 Å². The largest absolute Gasteiger partial charge is 0.469 e. The standard InChI is InChI=1S/C13H21NO6/c1-8(12(16)18-2)7-9(13(17)19-3)14-11(15)10-5-4-6-20-10/h8-10H,4-7H2,1-3H3,(H,14,15)/t8-,9+,10+/m0/s1. The number of carbonyl (C=O) groups is 3. The van der Waals surface area contributed by atoms with Crippen LogP contribution in [-0.4, -0.2) is 50.8 Å². The van der Waals surface area contributed by atoms with Crippen LogP contribution < -0.4 is 5.32 Å². The zero-order chi connectivity index (χ0) is 15.1. The van der Waals surface area contributed by atoms with Crippen molar-refractivity contribution in [2.45, 2.75) is 38.3 Å². The average Bonchev–Trinajstić information content (AvgIpc) is 2.98. The lowest BCUT2D eigenvalue weighted by molar-refractivity contribution is -0.149. The van der Waals surface area contributed by atoms with E-state index in [4.69, 9.17) is 4.74 Å². The van der Waals surface area contributed by atoms with Gasteiger partial charge in [0.25, 0.3) is 0 Å². The summed E-state index contributed by atoms with van der Waals surface area (Å²) in [5, 5.41) is 2.57. The van der Waals surface area contributed by atoms with E-state index in [2.05, 4.69) is 14.8 Å². The Hall–Kier alpha value is -1.63. The molecule has 1 aliphatic heterocycles. The minimum Gasteiger partial charge on any atom is -0.469 e. The number of ether oxygens (including phenoxy) is 3. The van der Waals surface area contributed by atoms with Gasteiger partial charge in [-0.25, -0.2) is 4.79 Å². The maximum Gasteiger partial charge on any atom is 0.328 e. The molecule has 1 fully saturated rings. The molecule has 1 amide bonds. The van der Waals surface area contributed by atoms with Crippen LogP contribution in [0.25, 0.3) is 0 Å². The molecule has 3 atom stereocenters. The first-order valence-electron chi connectivity index (χ1n) is 6.57. The summed E-state index contributed by atoms with van der Waals surface area (Å²) < 4.78 is 14.5. The van der Waals surface area contributed by atoms with Crippen molar-refractivity contribution >= 4 is 17.8 Å². The fourth-order valence-corrected chi connectivity index (χ4v) is 2.06. The summed E-state index contributed by atoms with van der Waals surface area (Å²) in [6.07, 6.45) is 1.04. The topological polar surface area (TPSA) is 90.9 Å². The highest BCUT2D eigenvalue weighted by molar-refractivity contribution is 5.87. The van der Waals surface area contributed by atoms with Crippen LogP contribution >= 0.6 is 0 Å². The quantitative estimate of drug-likeness (QED) is 0.693. The van der Waals surface area contributed by atoms with Crippen LogP contribution in [0.3, 0.4) is 0 Å². The third-order valence-corrected chi connectivity index (χ3v) is 3.22. The van der Waals surface area contributed by atoms with Crippen molar-refractivity contribution in [2.75, 3.05) is 20.8 Å². The fraction of sp³-hybridized carbons (Fsp3) is 0.769. The molecule has 0 unspecified atom stereocenters. The first-order chi connectivity index (χ1) is 9.49. The van der Waals surface area contributed by atoms with Crippen LogP contribution in [0.15, 0.2) is 0 Å². The van der Waals surface area contributed by atoms with Gasteiger partial charge in [0.1, 0.15) is 12.1 Å². The molecule has 0 bridgehead atoms. The van der Waals surface area contributed by atoms with E-state index in [9.17, 15) is 14.4 Å². The molecular weight excluding hydrogens is 266 g/mol. The molecule has 0 spiro atoms. The predicted octanol–water partition coefficient (Wildman–Crippen LogP) is 0.0224. The molecule has 7 nitrogen and oxygen atoms in total. The van der Waals surface area contributed by atoms with Gasteiger partial charge in [0, 0.05) is 6.61 Å². The minimum atomic E-state index is -0.884. The van der Waals surface area contributed by atoms with Crippen molar-refractivity contribution in [3.63, 3.8) is 0 Å². The first-order valence-corrected chi connectivity index (χ1v) is 6.57. The monoisotopic (exact) mass is 287 g/mol. The van der Waals surface area contributed by atoms with Crippen LogP contribution in [-0.2, 0) is 28.6 Å². The van der Waals surface area contributed by atoms with Gasteiger partial charge >= 0.3 is 11.9 Å². The highest BCUT2D eigenvalue weighted by Crippen LogP contribution is 2.14. The molecule has 0 aliphatic carbocycles. The highest BCUT2D eigenvalue weighted by atomic mass is 16.5. The number of amides is 1. The van der Waals surface area contributed by atoms with Gasteiger partial charge in [-0.15, -0.1) is 0 Å². The summed E-state index contributed by atoms with van der Waals surface area (Å²) in [7, 11) is 2.51. The Kier molecular flexibility index (Phi) is 6.44. The second-order valence-electron chi connectivity index (χ2n) is 4.75. The molecule has 114 valence electrons. The van der Waals surface area contributed by atoms with E-state index in [1.54, 1.807) is 6.92 Å². The normalized spacial score (nSPS) is 20.9. The Morgan fingerprint density at radius 3 is 2.40 bits per heavy atom. The van der Waals surface area contributed by atoms with Crippen LogP contribution in [0.5, 0.6) is 0 Å². The van der Waals surface area contributed by atoms with E-state index >= 15 is 0 Å². The lowest BCUT2D eigenvalue weighted by Crippen LogP contribution is -2.47. The SMILES string of the molecule is COC(=O)[C@@H](C)C[C@@H](NC(=O)[C@H]1CCCO1)C(=O)OC. The summed E-state index contributed by atoms with van der Waals surface area (Å²) in [5.41, 5.74) is 0. The molecule has 1 aliphatic rings. The Labute approximate surface area is 117 Å². The number of hydrogen-bond acceptors (Lipinski definition) is 6. The molecule has 7 heteroatoms. The van der Waals surface area contributed by atoms with Gasteiger partial charge in [-0.05, 0) is 19.3 Å². The van der Waals surface area contributed by atoms with Crippen molar-refractivity contribution in [3.05, 3.63) is 0 Å². The van der Waals surface area contributed by atoms with Gasteiger partial charge in [0.15, 0.2) is 0 Å². The summed E-state index contributed by atoms with van der Waals surface area (Å²) in [5.74, 6) is -1.90. The van der Waals surface area contributed by atoms with Gasteiger partial charge in [0.2, 0.25) is 5.91 Å². The summed E-state index contributed by atoms with van der Waals surface area (Å²) >= 11 is 0. The number of carbonyl (C=O) groups excluding carboxylic acids is 3. The maximum atomic E-state index is 11.9. The van der Waals surface area contributed by atoms with Crippen molar-refractivity contribution in [1.82, 2.24) is 5.32 Å². The van der Waals surface area contributed by atoms with Crippen molar-refractivity contribution in [2.24, 2.45) is 5.92 Å². The molecule has 1 rings (SSSR count). The molecule has 1 heterocycles. The molecular formula is C13H21NO6. The second kappa shape index (κ2) is 7.84. The number of methoxy groups -OCH3 is 2. The maximum absolute atomic E-state index is 11.9. The summed E-state index contributed by atoms with van der Waals surface area (Å²) in [6.45, 7) is 2.17. The minimum absolute atomic E-state index is 0.123. The molecule has 1 saturated heterocycles. The Morgan fingerprint density at radius 2 is 1.90 bits per heavy atom. The third-order valence-electron chi connectivity index (χ3n) is 3.22. The van der Waals surface area contributed by atoms with E-state index in [0.29, 0.717) is 13.0 Å². The van der Waals surface area contributed by atoms with E-state index in [1.807, 2.05) is 0 Å². The van der Waals surface area contributed by atoms with Gasteiger partial charge in [-0.2, -0.15) is 0 Å². The average molecular weight is 287 g/mol. The zero-order valence-electron chi connectivity index (χ0n) is 12.0. The number of nitrogens with one attached hydrogen (secondary N) is 1. The number of hydrogen-bond donors (Lipinski definition) is 1. The van der Waals surface area contributed by atoms with Crippen LogP contribution in [0, 0.1) is 5.92 Å². The van der Waals surface area contributed by atoms with Gasteiger partial charge in [-0.3, -0.25) is 9.59 Å². The lowest BCUT2D eigenvalue weighted by Gasteiger charge is -2.20. The Bertz CT molecular complexity index is 364. The summed E-state index contributed by atoms with van der Waals surface area (Å²) in [4.78, 5) is 35.0. The van der Waals surface area contributed by atoms with E-state index in [0.717, 1.165) is 6.42 Å². The van der Waals surface area contributed by atoms with Gasteiger partial charge in [-0.1, -0.05) is 6.92 Å². The first kappa shape index (κ1) is 16.4. The Balaban J connectivity index is 2.61. The second-order valence-corrected chi connectivity index (χ2v) is 4.75. The molecule has 0 saturated carbocycles. The molecule has 0 radical (unpaired) electrons. The van der Waals surface area contributed by atoms with Gasteiger partial charge < -0.3 is 19.5 Å². The van der Waals surface area contributed by atoms with Crippen molar-refractivity contribution < 1.29 is 28.6 Å². The van der Waals surface area contributed by atoms with Crippen molar-refractivity contribution in [3.8, 4) is 0 Å². The molecule has 1 N–H and O–H groups in total. The highest BCUT2D eigenvalue weighted by Gasteiger charge is 2.31. The number of rotatable bonds is 6. The van der Waals surface area contributed by atoms with Crippen LogP contribution in [0.4, 0.5) is 0 Å². The van der Waals surface area contributed by atoms with E-state index < -0.39 is 30.0 Å². The molecule has 0 aromatic heterocycles. The van der Waals surface area contributed by atoms with Gasteiger partial charge in [0.05, 0.1) is 20.1 Å². The zero-order valence-corrected chi connectivity index (χ0v) is 12.0.